The maximum Gasteiger partial charge on any atom is 0.334 e. The number of hydrogen-bond donors (Lipinski definition) is 0. The molecule has 4 rings (SSSR count). The molecule has 0 amide bonds. The van der Waals surface area contributed by atoms with E-state index in [0.29, 0.717) is 24.3 Å². The monoisotopic (exact) mass is 404 g/mol. The van der Waals surface area contributed by atoms with Gasteiger partial charge in [0, 0.05) is 5.56 Å². The predicted octanol–water partition coefficient (Wildman–Crippen LogP) is 5.69. The quantitative estimate of drug-likeness (QED) is 0.404. The molecular weight excluding hydrogens is 388 g/mol. The van der Waals surface area contributed by atoms with E-state index in [9.17, 15) is 13.2 Å². The summed E-state index contributed by atoms with van der Waals surface area (Å²) in [6, 6.07) is 17.2. The maximum absolute atomic E-state index is 15.0. The maximum atomic E-state index is 15.0. The van der Waals surface area contributed by atoms with E-state index in [0.717, 1.165) is 0 Å². The molecule has 1 saturated heterocycles. The lowest BCUT2D eigenvalue weighted by Gasteiger charge is -2.36. The van der Waals surface area contributed by atoms with Crippen LogP contribution in [0.4, 0.5) is 13.2 Å². The Morgan fingerprint density at radius 1 is 0.714 bits per heavy atom. The number of hydrogen-bond acceptors (Lipinski definition) is 3. The van der Waals surface area contributed by atoms with Gasteiger partial charge in [-0.1, -0.05) is 42.5 Å². The van der Waals surface area contributed by atoms with Crippen LogP contribution in [-0.2, 0) is 19.2 Å². The van der Waals surface area contributed by atoms with E-state index in [-0.39, 0.29) is 5.56 Å². The summed E-state index contributed by atoms with van der Waals surface area (Å²) in [6.45, 7) is 0.706. The highest BCUT2D eigenvalue weighted by Gasteiger charge is 2.44. The molecule has 0 radical (unpaired) electrons. The van der Waals surface area contributed by atoms with Crippen molar-refractivity contribution in [3.8, 4) is 0 Å². The van der Waals surface area contributed by atoms with Gasteiger partial charge in [0.1, 0.15) is 17.5 Å². The lowest BCUT2D eigenvalue weighted by Crippen LogP contribution is -2.32. The molecule has 28 heavy (non-hydrogen) atoms. The van der Waals surface area contributed by atoms with Crippen LogP contribution in [0.3, 0.4) is 0 Å². The standard InChI is InChI=1S/C21H16F3O3P/c22-17-9-5-15(6-10-17)21(27-28-25-13-14-26-28,16-7-11-18(23)12-8-16)19-3-1-2-4-20(19)24/h1-12H,13-14H2. The average molecular weight is 404 g/mol. The van der Waals surface area contributed by atoms with Gasteiger partial charge < -0.3 is 9.05 Å². The second-order valence-electron chi connectivity index (χ2n) is 6.16. The van der Waals surface area contributed by atoms with Crippen molar-refractivity contribution in [1.29, 1.82) is 0 Å². The van der Waals surface area contributed by atoms with Gasteiger partial charge in [0.2, 0.25) is 0 Å². The molecule has 0 N–H and O–H groups in total. The molecule has 1 heterocycles. The van der Waals surface area contributed by atoms with E-state index in [1.165, 1.54) is 54.6 Å². The summed E-state index contributed by atoms with van der Waals surface area (Å²) in [5.74, 6) is -1.40. The summed E-state index contributed by atoms with van der Waals surface area (Å²) in [4.78, 5) is 0. The molecule has 144 valence electrons. The molecule has 0 atom stereocenters. The van der Waals surface area contributed by atoms with Gasteiger partial charge in [-0.25, -0.2) is 13.2 Å². The minimum atomic E-state index is -1.79. The first-order valence-electron chi connectivity index (χ1n) is 8.62. The number of benzene rings is 3. The van der Waals surface area contributed by atoms with Crippen molar-refractivity contribution >= 4 is 8.60 Å². The highest BCUT2D eigenvalue weighted by atomic mass is 31.2. The van der Waals surface area contributed by atoms with Gasteiger partial charge in [-0.3, -0.25) is 4.52 Å². The van der Waals surface area contributed by atoms with E-state index < -0.39 is 31.7 Å². The summed E-state index contributed by atoms with van der Waals surface area (Å²) in [6.07, 6.45) is 0. The summed E-state index contributed by atoms with van der Waals surface area (Å²) in [7, 11) is -1.79. The molecule has 3 aromatic rings. The third kappa shape index (κ3) is 3.56. The third-order valence-electron chi connectivity index (χ3n) is 4.44. The Morgan fingerprint density at radius 2 is 1.21 bits per heavy atom. The van der Waals surface area contributed by atoms with Crippen molar-refractivity contribution in [2.75, 3.05) is 13.2 Å². The molecule has 1 aliphatic rings. The fourth-order valence-corrected chi connectivity index (χ4v) is 4.33. The van der Waals surface area contributed by atoms with E-state index >= 15 is 0 Å². The molecule has 0 saturated carbocycles. The van der Waals surface area contributed by atoms with Gasteiger partial charge in [0.05, 0.1) is 13.2 Å². The van der Waals surface area contributed by atoms with Crippen LogP contribution in [-0.4, -0.2) is 13.2 Å². The number of halogens is 3. The average Bonchev–Trinajstić information content (AvgIpc) is 3.21. The Balaban J connectivity index is 1.98. The molecular formula is C21H16F3O3P. The molecule has 0 aromatic heterocycles. The molecule has 0 unspecified atom stereocenters. The van der Waals surface area contributed by atoms with E-state index in [4.69, 9.17) is 13.6 Å². The van der Waals surface area contributed by atoms with Crippen LogP contribution < -0.4 is 0 Å². The van der Waals surface area contributed by atoms with Gasteiger partial charge in [-0.05, 0) is 41.5 Å². The zero-order valence-corrected chi connectivity index (χ0v) is 15.5. The van der Waals surface area contributed by atoms with Crippen LogP contribution >= 0.6 is 8.60 Å². The zero-order valence-electron chi connectivity index (χ0n) is 14.6. The molecule has 0 spiro atoms. The largest absolute Gasteiger partial charge is 0.334 e. The van der Waals surface area contributed by atoms with Gasteiger partial charge in [-0.15, -0.1) is 0 Å². The second-order valence-corrected chi connectivity index (χ2v) is 7.30. The zero-order chi connectivity index (χ0) is 19.6. The molecule has 3 aromatic carbocycles. The van der Waals surface area contributed by atoms with E-state index in [1.54, 1.807) is 18.2 Å². The molecule has 1 fully saturated rings. The molecule has 7 heteroatoms. The second kappa shape index (κ2) is 8.02. The smallest absolute Gasteiger partial charge is 0.310 e. The van der Waals surface area contributed by atoms with Gasteiger partial charge in [0.25, 0.3) is 0 Å². The molecule has 0 aliphatic carbocycles. The third-order valence-corrected chi connectivity index (χ3v) is 5.65. The SMILES string of the molecule is Fc1ccc(C(OP2OCCO2)(c2ccc(F)cc2)c2ccccc2F)cc1. The molecule has 1 aliphatic heterocycles. The molecule has 0 bridgehead atoms. The highest BCUT2D eigenvalue weighted by molar-refractivity contribution is 7.42. The lowest BCUT2D eigenvalue weighted by atomic mass is 9.80. The summed E-state index contributed by atoms with van der Waals surface area (Å²) in [5, 5.41) is 0. The Kier molecular flexibility index (Phi) is 5.47. The summed E-state index contributed by atoms with van der Waals surface area (Å²) in [5.41, 5.74) is -0.391. The van der Waals surface area contributed by atoms with Crippen LogP contribution in [0.25, 0.3) is 0 Å². The van der Waals surface area contributed by atoms with Crippen LogP contribution in [0.5, 0.6) is 0 Å². The first-order valence-corrected chi connectivity index (χ1v) is 9.71. The molecule has 3 nitrogen and oxygen atoms in total. The summed E-state index contributed by atoms with van der Waals surface area (Å²) >= 11 is 0. The summed E-state index contributed by atoms with van der Waals surface area (Å²) < 4.78 is 59.5. The van der Waals surface area contributed by atoms with Gasteiger partial charge >= 0.3 is 8.60 Å². The van der Waals surface area contributed by atoms with Crippen molar-refractivity contribution < 1.29 is 26.7 Å². The Labute approximate surface area is 161 Å². The van der Waals surface area contributed by atoms with Crippen molar-refractivity contribution in [3.05, 3.63) is 107 Å². The Bertz CT molecular complexity index is 896. The minimum absolute atomic E-state index is 0.190. The van der Waals surface area contributed by atoms with E-state index in [1.807, 2.05) is 0 Å². The minimum Gasteiger partial charge on any atom is -0.310 e. The highest BCUT2D eigenvalue weighted by Crippen LogP contribution is 2.55. The van der Waals surface area contributed by atoms with Crippen LogP contribution in [0.15, 0.2) is 72.8 Å². The van der Waals surface area contributed by atoms with Crippen molar-refractivity contribution in [2.45, 2.75) is 5.60 Å². The predicted molar refractivity (Wildman–Crippen MR) is 99.0 cm³/mol. The first-order chi connectivity index (χ1) is 13.6. The fourth-order valence-electron chi connectivity index (χ4n) is 3.17. The Morgan fingerprint density at radius 3 is 1.71 bits per heavy atom. The van der Waals surface area contributed by atoms with E-state index in [2.05, 4.69) is 0 Å². The lowest BCUT2D eigenvalue weighted by molar-refractivity contribution is 0.124. The Hall–Kier alpha value is -2.24. The van der Waals surface area contributed by atoms with Crippen LogP contribution in [0, 0.1) is 17.5 Å². The fraction of sp³-hybridized carbons (Fsp3) is 0.143. The van der Waals surface area contributed by atoms with Crippen molar-refractivity contribution in [1.82, 2.24) is 0 Å². The topological polar surface area (TPSA) is 27.7 Å². The first kappa shape index (κ1) is 19.1. The van der Waals surface area contributed by atoms with Crippen LogP contribution in [0.2, 0.25) is 0 Å². The number of rotatable bonds is 5. The van der Waals surface area contributed by atoms with Gasteiger partial charge in [0.15, 0.2) is 5.60 Å². The van der Waals surface area contributed by atoms with Crippen molar-refractivity contribution in [3.63, 3.8) is 0 Å². The van der Waals surface area contributed by atoms with Crippen LogP contribution in [0.1, 0.15) is 16.7 Å². The van der Waals surface area contributed by atoms with Crippen molar-refractivity contribution in [2.24, 2.45) is 0 Å². The normalized spacial score (nSPS) is 15.1. The van der Waals surface area contributed by atoms with Gasteiger partial charge in [-0.2, -0.15) is 0 Å².